The zero-order chi connectivity index (χ0) is 39.1. The highest BCUT2D eigenvalue weighted by molar-refractivity contribution is 7.47. The Bertz CT molecular complexity index is 905. The van der Waals surface area contributed by atoms with Gasteiger partial charge >= 0.3 is 13.8 Å². The van der Waals surface area contributed by atoms with Gasteiger partial charge in [-0.05, 0) is 64.2 Å². The van der Waals surface area contributed by atoms with E-state index in [1.54, 1.807) is 0 Å². The van der Waals surface area contributed by atoms with Crippen LogP contribution in [0.1, 0.15) is 194 Å². The van der Waals surface area contributed by atoms with Crippen molar-refractivity contribution in [3.63, 3.8) is 0 Å². The largest absolute Gasteiger partial charge is 0.472 e. The van der Waals surface area contributed by atoms with Crippen molar-refractivity contribution >= 4 is 13.8 Å². The average molecular weight is 773 g/mol. The fourth-order valence-electron chi connectivity index (χ4n) is 6.01. The topological polar surface area (TPSA) is 91.3 Å². The zero-order valence-corrected chi connectivity index (χ0v) is 36.4. The first kappa shape index (κ1) is 52.0. The summed E-state index contributed by atoms with van der Waals surface area (Å²) >= 11 is 0. The molecule has 0 aromatic rings. The Morgan fingerprint density at radius 2 is 0.981 bits per heavy atom. The molecule has 0 aliphatic rings. The molecule has 314 valence electrons. The Balaban J connectivity index is 4.25. The van der Waals surface area contributed by atoms with Gasteiger partial charge in [-0.15, -0.1) is 0 Å². The minimum absolute atomic E-state index is 0.0870. The van der Waals surface area contributed by atoms with E-state index in [0.717, 1.165) is 44.9 Å². The van der Waals surface area contributed by atoms with E-state index in [4.69, 9.17) is 18.5 Å². The molecule has 0 aliphatic heterocycles. The average Bonchev–Trinajstić information content (AvgIpc) is 3.11. The third-order valence-electron chi connectivity index (χ3n) is 9.49. The molecule has 1 N–H and O–H groups in total. The van der Waals surface area contributed by atoms with Crippen LogP contribution in [0, 0.1) is 0 Å². The number of hydrogen-bond donors (Lipinski definition) is 1. The number of quaternary nitrogens is 1. The number of carbonyl (C=O) groups excluding carboxylic acids is 1. The highest BCUT2D eigenvalue weighted by Crippen LogP contribution is 2.43. The zero-order valence-electron chi connectivity index (χ0n) is 35.5. The normalized spacial score (nSPS) is 14.0. The maximum absolute atomic E-state index is 12.7. The second kappa shape index (κ2) is 37.9. The summed E-state index contributed by atoms with van der Waals surface area (Å²) < 4.78 is 35.0. The highest BCUT2D eigenvalue weighted by Gasteiger charge is 2.26. The van der Waals surface area contributed by atoms with Crippen molar-refractivity contribution in [1.29, 1.82) is 0 Å². The number of hydrogen-bond acceptors (Lipinski definition) is 6. The summed E-state index contributed by atoms with van der Waals surface area (Å²) in [5.41, 5.74) is 0. The number of carbonyl (C=O) groups is 1. The van der Waals surface area contributed by atoms with Gasteiger partial charge in [-0.25, -0.2) is 4.57 Å². The quantitative estimate of drug-likeness (QED) is 0.0217. The summed E-state index contributed by atoms with van der Waals surface area (Å²) in [6.07, 6.45) is 42.0. The lowest BCUT2D eigenvalue weighted by Gasteiger charge is -2.24. The number of ether oxygens (including phenoxy) is 2. The van der Waals surface area contributed by atoms with Gasteiger partial charge in [-0.2, -0.15) is 0 Å². The smallest absolute Gasteiger partial charge is 0.457 e. The van der Waals surface area contributed by atoms with Gasteiger partial charge in [0.2, 0.25) is 0 Å². The van der Waals surface area contributed by atoms with E-state index in [1.165, 1.54) is 128 Å². The van der Waals surface area contributed by atoms with E-state index in [2.05, 4.69) is 38.2 Å². The third-order valence-corrected chi connectivity index (χ3v) is 10.5. The maximum Gasteiger partial charge on any atom is 0.472 e. The molecular weight excluding hydrogens is 685 g/mol. The SMILES string of the molecule is CCCCCCCCC=CCCCCCCCCOCC(COP(=O)(O)OCC[N+](C)(C)C)OC(=O)CCCCCCCC=CCCCCCCCC. The minimum atomic E-state index is -4.27. The number of likely N-dealkylation sites (N-methyl/N-ethyl adjacent to an activating group) is 1. The Kier molecular flexibility index (Phi) is 37.2. The van der Waals surface area contributed by atoms with Crippen LogP contribution in [-0.4, -0.2) is 75.6 Å². The molecule has 2 atom stereocenters. The fraction of sp³-hybridized carbons (Fsp3) is 0.886. The van der Waals surface area contributed by atoms with Gasteiger partial charge in [0.1, 0.15) is 19.3 Å². The molecule has 0 heterocycles. The fourth-order valence-corrected chi connectivity index (χ4v) is 6.75. The first-order valence-corrected chi connectivity index (χ1v) is 23.6. The van der Waals surface area contributed by atoms with Crippen LogP contribution in [-0.2, 0) is 27.9 Å². The second-order valence-corrected chi connectivity index (χ2v) is 17.5. The van der Waals surface area contributed by atoms with Crippen molar-refractivity contribution in [2.24, 2.45) is 0 Å². The van der Waals surface area contributed by atoms with Crippen molar-refractivity contribution < 1.29 is 37.3 Å². The Hall–Kier alpha value is -1.02. The highest BCUT2D eigenvalue weighted by atomic mass is 31.2. The Morgan fingerprint density at radius 1 is 0.566 bits per heavy atom. The van der Waals surface area contributed by atoms with Gasteiger partial charge in [-0.1, -0.05) is 147 Å². The second-order valence-electron chi connectivity index (χ2n) is 16.1. The summed E-state index contributed by atoms with van der Waals surface area (Å²) in [4.78, 5) is 22.9. The Morgan fingerprint density at radius 3 is 1.43 bits per heavy atom. The molecule has 0 fully saturated rings. The van der Waals surface area contributed by atoms with Crippen LogP contribution >= 0.6 is 7.82 Å². The lowest BCUT2D eigenvalue weighted by atomic mass is 10.1. The van der Waals surface area contributed by atoms with Crippen LogP contribution in [0.2, 0.25) is 0 Å². The molecule has 0 rings (SSSR count). The van der Waals surface area contributed by atoms with E-state index in [-0.39, 0.29) is 25.8 Å². The Labute approximate surface area is 328 Å². The van der Waals surface area contributed by atoms with Crippen LogP contribution in [0.25, 0.3) is 0 Å². The molecule has 2 unspecified atom stereocenters. The standard InChI is InChI=1S/C44H86NO7P/c1-6-8-10-12-14-16-18-20-22-24-26-28-30-32-34-36-39-49-41-43(42-51-53(47,48)50-40-38-45(3,4)5)52-44(46)37-35-33-31-29-27-25-23-21-19-17-15-13-11-9-7-2/h20-23,43H,6-19,24-42H2,1-5H3/p+1. The van der Waals surface area contributed by atoms with Gasteiger partial charge in [0.15, 0.2) is 0 Å². The van der Waals surface area contributed by atoms with E-state index in [0.29, 0.717) is 24.1 Å². The lowest BCUT2D eigenvalue weighted by Crippen LogP contribution is -2.37. The van der Waals surface area contributed by atoms with E-state index in [1.807, 2.05) is 21.1 Å². The van der Waals surface area contributed by atoms with Crippen LogP contribution in [0.15, 0.2) is 24.3 Å². The molecule has 0 saturated heterocycles. The van der Waals surface area contributed by atoms with Crippen LogP contribution in [0.4, 0.5) is 0 Å². The van der Waals surface area contributed by atoms with Gasteiger partial charge in [0.05, 0.1) is 34.4 Å². The lowest BCUT2D eigenvalue weighted by molar-refractivity contribution is -0.870. The predicted octanol–water partition coefficient (Wildman–Crippen LogP) is 12.8. The molecule has 0 aliphatic carbocycles. The van der Waals surface area contributed by atoms with E-state index < -0.39 is 13.9 Å². The first-order chi connectivity index (χ1) is 25.6. The van der Waals surface area contributed by atoms with Crippen LogP contribution < -0.4 is 0 Å². The van der Waals surface area contributed by atoms with Crippen molar-refractivity contribution in [2.45, 2.75) is 200 Å². The molecule has 0 aromatic heterocycles. The predicted molar refractivity (Wildman–Crippen MR) is 224 cm³/mol. The number of allylic oxidation sites excluding steroid dienone is 4. The number of nitrogens with zero attached hydrogens (tertiary/aromatic N) is 1. The van der Waals surface area contributed by atoms with Gasteiger partial charge in [-0.3, -0.25) is 13.8 Å². The number of phosphoric acid groups is 1. The van der Waals surface area contributed by atoms with Gasteiger partial charge in [0.25, 0.3) is 0 Å². The van der Waals surface area contributed by atoms with Crippen molar-refractivity contribution in [1.82, 2.24) is 0 Å². The van der Waals surface area contributed by atoms with E-state index in [9.17, 15) is 14.3 Å². The van der Waals surface area contributed by atoms with Crippen molar-refractivity contribution in [2.75, 3.05) is 54.1 Å². The monoisotopic (exact) mass is 773 g/mol. The summed E-state index contributed by atoms with van der Waals surface area (Å²) in [7, 11) is 1.66. The molecule has 0 radical (unpaired) electrons. The van der Waals surface area contributed by atoms with E-state index >= 15 is 0 Å². The first-order valence-electron chi connectivity index (χ1n) is 22.1. The molecule has 9 heteroatoms. The van der Waals surface area contributed by atoms with Crippen LogP contribution in [0.3, 0.4) is 0 Å². The molecule has 0 amide bonds. The summed E-state index contributed by atoms with van der Waals surface area (Å²) in [5.74, 6) is -0.323. The van der Waals surface area contributed by atoms with Crippen molar-refractivity contribution in [3.05, 3.63) is 24.3 Å². The molecule has 0 aromatic carbocycles. The molecule has 53 heavy (non-hydrogen) atoms. The molecular formula is C44H87NO7P+. The molecule has 0 bridgehead atoms. The number of esters is 1. The molecule has 0 saturated carbocycles. The van der Waals surface area contributed by atoms with Gasteiger partial charge in [0, 0.05) is 13.0 Å². The van der Waals surface area contributed by atoms with Crippen LogP contribution in [0.5, 0.6) is 0 Å². The number of unbranched alkanes of at least 4 members (excludes halogenated alkanes) is 23. The molecule has 0 spiro atoms. The number of rotatable bonds is 41. The third kappa shape index (κ3) is 42.0. The van der Waals surface area contributed by atoms with Crippen molar-refractivity contribution in [3.8, 4) is 0 Å². The summed E-state index contributed by atoms with van der Waals surface area (Å²) in [6.45, 7) is 5.60. The number of phosphoric ester groups is 1. The summed E-state index contributed by atoms with van der Waals surface area (Å²) in [5, 5.41) is 0. The maximum atomic E-state index is 12.7. The summed E-state index contributed by atoms with van der Waals surface area (Å²) in [6, 6.07) is 0. The molecule has 8 nitrogen and oxygen atoms in total. The minimum Gasteiger partial charge on any atom is -0.457 e. The van der Waals surface area contributed by atoms with Gasteiger partial charge < -0.3 is 18.9 Å².